The summed E-state index contributed by atoms with van der Waals surface area (Å²) in [7, 11) is 2.83. The lowest BCUT2D eigenvalue weighted by Gasteiger charge is -2.36. The first-order valence-electron chi connectivity index (χ1n) is 8.07. The molecule has 0 bridgehead atoms. The first-order chi connectivity index (χ1) is 9.78. The lowest BCUT2D eigenvalue weighted by atomic mass is 9.96. The van der Waals surface area contributed by atoms with Crippen LogP contribution in [0.5, 0.6) is 0 Å². The van der Waals surface area contributed by atoms with Gasteiger partial charge < -0.3 is 9.64 Å². The highest BCUT2D eigenvalue weighted by Crippen LogP contribution is 2.22. The number of hydrogen-bond acceptors (Lipinski definition) is 3. The highest BCUT2D eigenvalue weighted by molar-refractivity contribution is 7.13. The van der Waals surface area contributed by atoms with Crippen LogP contribution >= 0.6 is 9.39 Å². The number of likely N-dealkylation sites (tertiary alicyclic amines) is 1. The largest absolute Gasteiger partial charge is 0.365 e. The summed E-state index contributed by atoms with van der Waals surface area (Å²) in [5.41, 5.74) is 0. The molecule has 0 aromatic rings. The smallest absolute Gasteiger partial charge is 0.108 e. The third-order valence-electron chi connectivity index (χ3n) is 4.39. The van der Waals surface area contributed by atoms with E-state index in [-0.39, 0.29) is 0 Å². The van der Waals surface area contributed by atoms with Gasteiger partial charge in [-0.2, -0.15) is 0 Å². The zero-order valence-electron chi connectivity index (χ0n) is 12.8. The monoisotopic (exact) mass is 296 g/mol. The summed E-state index contributed by atoms with van der Waals surface area (Å²) in [4.78, 5) is 2.64. The number of rotatable bonds is 4. The Morgan fingerprint density at radius 3 is 2.40 bits per heavy atom. The maximum absolute atomic E-state index is 5.83. The summed E-state index contributed by atoms with van der Waals surface area (Å²) in [6, 6.07) is 0. The van der Waals surface area contributed by atoms with Crippen molar-refractivity contribution in [3.05, 3.63) is 0 Å². The normalized spacial score (nSPS) is 23.5. The molecule has 0 radical (unpaired) electrons. The second-order valence-electron chi connectivity index (χ2n) is 6.00. The van der Waals surface area contributed by atoms with Crippen LogP contribution < -0.4 is 0 Å². The Labute approximate surface area is 126 Å². The molecule has 20 heavy (non-hydrogen) atoms. The minimum absolute atomic E-state index is 0.436. The van der Waals surface area contributed by atoms with E-state index in [1.165, 1.54) is 58.4 Å². The van der Waals surface area contributed by atoms with Gasteiger partial charge in [0.1, 0.15) is 6.61 Å². The summed E-state index contributed by atoms with van der Waals surface area (Å²) in [6.45, 7) is 8.87. The van der Waals surface area contributed by atoms with Crippen molar-refractivity contribution in [1.82, 2.24) is 9.57 Å². The Bertz CT molecular complexity index is 323. The Hall–Kier alpha value is -0.130. The molecule has 3 nitrogen and oxygen atoms in total. The molecule has 2 rings (SSSR count). The van der Waals surface area contributed by atoms with E-state index in [2.05, 4.69) is 37.7 Å². The van der Waals surface area contributed by atoms with Gasteiger partial charge >= 0.3 is 0 Å². The van der Waals surface area contributed by atoms with Crippen LogP contribution in [0.2, 0.25) is 0 Å². The van der Waals surface area contributed by atoms with Crippen molar-refractivity contribution >= 4 is 9.39 Å². The number of ether oxygens (including phenoxy) is 1. The molecule has 2 aliphatic rings. The van der Waals surface area contributed by atoms with E-state index in [9.17, 15) is 0 Å². The van der Waals surface area contributed by atoms with E-state index in [0.29, 0.717) is 12.7 Å². The zero-order chi connectivity index (χ0) is 14.2. The molecule has 1 unspecified atom stereocenters. The molecular formula is C16H29N2OP. The van der Waals surface area contributed by atoms with Crippen LogP contribution in [0.1, 0.15) is 39.0 Å². The van der Waals surface area contributed by atoms with Gasteiger partial charge in [0, 0.05) is 39.1 Å². The third-order valence-corrected chi connectivity index (χ3v) is 4.91. The highest BCUT2D eigenvalue weighted by atomic mass is 31.0. The molecule has 4 heteroatoms. The maximum atomic E-state index is 5.83. The number of nitrogens with zero attached hydrogens (tertiary/aromatic N) is 2. The fourth-order valence-electron chi connectivity index (χ4n) is 3.09. The van der Waals surface area contributed by atoms with Gasteiger partial charge in [-0.15, -0.1) is 5.92 Å². The van der Waals surface area contributed by atoms with Crippen LogP contribution in [0.4, 0.5) is 0 Å². The lowest BCUT2D eigenvalue weighted by Crippen LogP contribution is -2.41. The van der Waals surface area contributed by atoms with E-state index in [0.717, 1.165) is 12.3 Å². The SMILES string of the molecule is CCC#CCOC1CCN(CC2CCN(P)CC2)CC1. The van der Waals surface area contributed by atoms with Crippen LogP contribution in [-0.2, 0) is 4.74 Å². The molecule has 0 saturated carbocycles. The molecular weight excluding hydrogens is 267 g/mol. The maximum Gasteiger partial charge on any atom is 0.108 e. The second kappa shape index (κ2) is 9.00. The van der Waals surface area contributed by atoms with Crippen molar-refractivity contribution in [2.24, 2.45) is 5.92 Å². The fraction of sp³-hybridized carbons (Fsp3) is 0.875. The van der Waals surface area contributed by atoms with E-state index in [4.69, 9.17) is 4.74 Å². The van der Waals surface area contributed by atoms with E-state index < -0.39 is 0 Å². The van der Waals surface area contributed by atoms with Gasteiger partial charge in [0.25, 0.3) is 0 Å². The topological polar surface area (TPSA) is 15.7 Å². The summed E-state index contributed by atoms with van der Waals surface area (Å²) >= 11 is 0. The molecule has 0 spiro atoms. The predicted molar refractivity (Wildman–Crippen MR) is 87.5 cm³/mol. The Morgan fingerprint density at radius 2 is 1.75 bits per heavy atom. The molecule has 0 amide bonds. The molecule has 114 valence electrons. The summed E-state index contributed by atoms with van der Waals surface area (Å²) in [5.74, 6) is 7.04. The highest BCUT2D eigenvalue weighted by Gasteiger charge is 2.23. The fourth-order valence-corrected chi connectivity index (χ4v) is 3.39. The molecule has 0 aromatic heterocycles. The Morgan fingerprint density at radius 1 is 1.05 bits per heavy atom. The first kappa shape index (κ1) is 16.2. The molecule has 2 heterocycles. The van der Waals surface area contributed by atoms with Crippen LogP contribution in [-0.4, -0.2) is 55.0 Å². The molecule has 2 aliphatic heterocycles. The molecule has 2 fully saturated rings. The lowest BCUT2D eigenvalue weighted by molar-refractivity contribution is 0.0189. The summed E-state index contributed by atoms with van der Waals surface area (Å²) in [5, 5.41) is 0. The van der Waals surface area contributed by atoms with Crippen molar-refractivity contribution in [3.8, 4) is 11.8 Å². The van der Waals surface area contributed by atoms with Crippen molar-refractivity contribution in [1.29, 1.82) is 0 Å². The van der Waals surface area contributed by atoms with Crippen LogP contribution in [0.3, 0.4) is 0 Å². The minimum atomic E-state index is 0.436. The van der Waals surface area contributed by atoms with Gasteiger partial charge in [-0.25, -0.2) is 0 Å². The molecule has 0 aromatic carbocycles. The molecule has 1 atom stereocenters. The van der Waals surface area contributed by atoms with Gasteiger partial charge in [-0.1, -0.05) is 22.2 Å². The zero-order valence-corrected chi connectivity index (χ0v) is 14.0. The van der Waals surface area contributed by atoms with Crippen molar-refractivity contribution < 1.29 is 4.74 Å². The average Bonchev–Trinajstić information content (AvgIpc) is 2.48. The number of piperidine rings is 2. The van der Waals surface area contributed by atoms with E-state index >= 15 is 0 Å². The van der Waals surface area contributed by atoms with Crippen LogP contribution in [0, 0.1) is 17.8 Å². The van der Waals surface area contributed by atoms with E-state index in [1.54, 1.807) is 0 Å². The molecule has 0 N–H and O–H groups in total. The third kappa shape index (κ3) is 5.70. The second-order valence-corrected chi connectivity index (χ2v) is 6.73. The van der Waals surface area contributed by atoms with Gasteiger partial charge in [0.2, 0.25) is 0 Å². The van der Waals surface area contributed by atoms with E-state index in [1.807, 2.05) is 0 Å². The quantitative estimate of drug-likeness (QED) is 0.585. The van der Waals surface area contributed by atoms with Crippen LogP contribution in [0.15, 0.2) is 0 Å². The van der Waals surface area contributed by atoms with Gasteiger partial charge in [-0.3, -0.25) is 4.67 Å². The predicted octanol–water partition coefficient (Wildman–Crippen LogP) is 2.38. The van der Waals surface area contributed by atoms with Crippen molar-refractivity contribution in [3.63, 3.8) is 0 Å². The Balaban J connectivity index is 1.59. The van der Waals surface area contributed by atoms with Gasteiger partial charge in [0.05, 0.1) is 6.10 Å². The average molecular weight is 296 g/mol. The van der Waals surface area contributed by atoms with Crippen LogP contribution in [0.25, 0.3) is 0 Å². The first-order valence-corrected chi connectivity index (χ1v) is 8.59. The standard InChI is InChI=1S/C16H29N2OP/c1-2-3-4-13-19-16-7-9-17(10-8-16)14-15-5-11-18(20)12-6-15/h15-16H,2,5-14,20H2,1H3. The molecule has 0 aliphatic carbocycles. The minimum Gasteiger partial charge on any atom is -0.365 e. The van der Waals surface area contributed by atoms with Crippen molar-refractivity contribution in [2.45, 2.75) is 45.1 Å². The van der Waals surface area contributed by atoms with Gasteiger partial charge in [0.15, 0.2) is 0 Å². The summed E-state index contributed by atoms with van der Waals surface area (Å²) < 4.78 is 8.20. The Kier molecular flexibility index (Phi) is 7.31. The summed E-state index contributed by atoms with van der Waals surface area (Å²) in [6.07, 6.45) is 6.42. The van der Waals surface area contributed by atoms with Crippen molar-refractivity contribution in [2.75, 3.05) is 39.3 Å². The molecule has 2 saturated heterocycles. The van der Waals surface area contributed by atoms with Gasteiger partial charge in [-0.05, 0) is 31.6 Å². The number of hydrogen-bond donors (Lipinski definition) is 0.